The summed E-state index contributed by atoms with van der Waals surface area (Å²) in [6, 6.07) is 0. The predicted molar refractivity (Wildman–Crippen MR) is 61.7 cm³/mol. The molecule has 84 valence electrons. The summed E-state index contributed by atoms with van der Waals surface area (Å²) in [6.07, 6.45) is 9.37. The molecule has 4 rings (SSSR count). The monoisotopic (exact) mass is 206 g/mol. The van der Waals surface area contributed by atoms with Gasteiger partial charge in [0.2, 0.25) is 0 Å². The molecule has 0 aromatic heterocycles. The Morgan fingerprint density at radius 3 is 2.47 bits per heavy atom. The lowest BCUT2D eigenvalue weighted by Gasteiger charge is -2.58. The lowest BCUT2D eigenvalue weighted by Crippen LogP contribution is -2.53. The summed E-state index contributed by atoms with van der Waals surface area (Å²) in [7, 11) is 0. The molecule has 0 saturated heterocycles. The summed E-state index contributed by atoms with van der Waals surface area (Å²) in [5.41, 5.74) is 1.83. The maximum atomic E-state index is 6.18. The first kappa shape index (κ1) is 9.89. The van der Waals surface area contributed by atoms with Gasteiger partial charge in [-0.2, -0.15) is 0 Å². The van der Waals surface area contributed by atoms with Gasteiger partial charge in [0, 0.05) is 6.61 Å². The number of hydrogen-bond acceptors (Lipinski definition) is 1. The Kier molecular flexibility index (Phi) is 2.21. The molecule has 4 fully saturated rings. The molecule has 1 heteroatoms. The average Bonchev–Trinajstić information content (AvgIpc) is 2.16. The fraction of sp³-hybridized carbons (Fsp3) is 0.857. The van der Waals surface area contributed by atoms with Gasteiger partial charge in [-0.3, -0.25) is 0 Å². The highest BCUT2D eigenvalue weighted by atomic mass is 16.5. The van der Waals surface area contributed by atoms with E-state index in [4.69, 9.17) is 4.74 Å². The zero-order valence-electron chi connectivity index (χ0n) is 9.96. The van der Waals surface area contributed by atoms with Gasteiger partial charge in [0.15, 0.2) is 0 Å². The third-order valence-corrected chi connectivity index (χ3v) is 4.84. The number of hydrogen-bond donors (Lipinski definition) is 0. The van der Waals surface area contributed by atoms with Crippen LogP contribution in [-0.4, -0.2) is 12.2 Å². The summed E-state index contributed by atoms with van der Waals surface area (Å²) < 4.78 is 6.18. The second kappa shape index (κ2) is 3.35. The van der Waals surface area contributed by atoms with Crippen molar-refractivity contribution in [2.24, 2.45) is 17.8 Å². The third-order valence-electron chi connectivity index (χ3n) is 4.84. The number of allylic oxidation sites excluding steroid dienone is 1. The zero-order valence-corrected chi connectivity index (χ0v) is 9.96. The quantitative estimate of drug-likeness (QED) is 0.628. The van der Waals surface area contributed by atoms with E-state index < -0.39 is 0 Å². The molecule has 0 N–H and O–H groups in total. The second-order valence-electron chi connectivity index (χ2n) is 5.72. The summed E-state index contributed by atoms with van der Waals surface area (Å²) in [5, 5.41) is 0. The van der Waals surface area contributed by atoms with Gasteiger partial charge in [0.05, 0.1) is 5.60 Å². The van der Waals surface area contributed by atoms with Crippen LogP contribution in [0.2, 0.25) is 0 Å². The van der Waals surface area contributed by atoms with E-state index in [1.807, 2.05) is 0 Å². The van der Waals surface area contributed by atoms with Crippen LogP contribution >= 0.6 is 0 Å². The SMILES string of the molecule is C/C=C1/C2CC3CC(C2)CC1(OCC)C3. The Morgan fingerprint density at radius 1 is 1.27 bits per heavy atom. The van der Waals surface area contributed by atoms with Crippen LogP contribution in [0.3, 0.4) is 0 Å². The van der Waals surface area contributed by atoms with Crippen molar-refractivity contribution in [3.63, 3.8) is 0 Å². The summed E-state index contributed by atoms with van der Waals surface area (Å²) >= 11 is 0. The molecule has 0 spiro atoms. The Morgan fingerprint density at radius 2 is 1.93 bits per heavy atom. The molecular weight excluding hydrogens is 184 g/mol. The fourth-order valence-electron chi connectivity index (χ4n) is 4.75. The van der Waals surface area contributed by atoms with E-state index in [0.29, 0.717) is 0 Å². The van der Waals surface area contributed by atoms with E-state index in [2.05, 4.69) is 19.9 Å². The maximum absolute atomic E-state index is 6.18. The van der Waals surface area contributed by atoms with Crippen LogP contribution in [0, 0.1) is 17.8 Å². The second-order valence-corrected chi connectivity index (χ2v) is 5.72. The smallest absolute Gasteiger partial charge is 0.0899 e. The maximum Gasteiger partial charge on any atom is 0.0899 e. The molecule has 2 atom stereocenters. The van der Waals surface area contributed by atoms with Crippen molar-refractivity contribution in [3.05, 3.63) is 11.6 Å². The minimum Gasteiger partial charge on any atom is -0.371 e. The zero-order chi connectivity index (χ0) is 10.5. The van der Waals surface area contributed by atoms with Gasteiger partial charge in [-0.25, -0.2) is 0 Å². The molecule has 0 aromatic carbocycles. The lowest BCUT2D eigenvalue weighted by molar-refractivity contribution is -0.117. The van der Waals surface area contributed by atoms with Crippen LogP contribution in [0.4, 0.5) is 0 Å². The van der Waals surface area contributed by atoms with Crippen molar-refractivity contribution in [1.29, 1.82) is 0 Å². The van der Waals surface area contributed by atoms with Crippen LogP contribution in [0.1, 0.15) is 46.0 Å². The summed E-state index contributed by atoms with van der Waals surface area (Å²) in [4.78, 5) is 0. The molecule has 0 aliphatic heterocycles. The Labute approximate surface area is 92.9 Å². The van der Waals surface area contributed by atoms with E-state index in [-0.39, 0.29) is 5.60 Å². The first-order valence-electron chi connectivity index (χ1n) is 6.58. The standard InChI is InChI=1S/C14H22O/c1-3-13-12-6-10-5-11(7-12)9-14(13,8-10)15-4-2/h3,10-12H,4-9H2,1-2H3/b13-3-. The molecule has 0 aromatic rings. The molecule has 4 bridgehead atoms. The normalized spacial score (nSPS) is 50.3. The first-order chi connectivity index (χ1) is 7.27. The van der Waals surface area contributed by atoms with Gasteiger partial charge in [0.1, 0.15) is 0 Å². The van der Waals surface area contributed by atoms with Crippen molar-refractivity contribution in [2.75, 3.05) is 6.61 Å². The van der Waals surface area contributed by atoms with Crippen LogP contribution in [0.15, 0.2) is 11.6 Å². The number of rotatable bonds is 2. The largest absolute Gasteiger partial charge is 0.371 e. The summed E-state index contributed by atoms with van der Waals surface area (Å²) in [6.45, 7) is 5.23. The lowest BCUT2D eigenvalue weighted by atomic mass is 9.52. The molecule has 2 unspecified atom stereocenters. The van der Waals surface area contributed by atoms with Crippen molar-refractivity contribution >= 4 is 0 Å². The summed E-state index contributed by atoms with van der Waals surface area (Å²) in [5.74, 6) is 2.81. The van der Waals surface area contributed by atoms with Gasteiger partial charge < -0.3 is 4.74 Å². The van der Waals surface area contributed by atoms with Gasteiger partial charge in [0.25, 0.3) is 0 Å². The highest BCUT2D eigenvalue weighted by molar-refractivity contribution is 5.28. The van der Waals surface area contributed by atoms with E-state index in [1.165, 1.54) is 32.1 Å². The van der Waals surface area contributed by atoms with Crippen LogP contribution in [0.5, 0.6) is 0 Å². The molecule has 4 aliphatic carbocycles. The van der Waals surface area contributed by atoms with Crippen LogP contribution < -0.4 is 0 Å². The molecule has 0 amide bonds. The topological polar surface area (TPSA) is 9.23 Å². The minimum atomic E-state index is 0.179. The van der Waals surface area contributed by atoms with Crippen molar-refractivity contribution in [2.45, 2.75) is 51.6 Å². The molecular formula is C14H22O. The highest BCUT2D eigenvalue weighted by Crippen LogP contribution is 2.59. The first-order valence-corrected chi connectivity index (χ1v) is 6.58. The Balaban J connectivity index is 1.97. The molecule has 4 saturated carbocycles. The molecule has 0 radical (unpaired) electrons. The number of ether oxygens (including phenoxy) is 1. The van der Waals surface area contributed by atoms with E-state index in [1.54, 1.807) is 5.57 Å². The molecule has 0 heterocycles. The van der Waals surface area contributed by atoms with E-state index >= 15 is 0 Å². The van der Waals surface area contributed by atoms with E-state index in [0.717, 1.165) is 24.4 Å². The fourth-order valence-corrected chi connectivity index (χ4v) is 4.75. The van der Waals surface area contributed by atoms with E-state index in [9.17, 15) is 0 Å². The molecule has 4 aliphatic rings. The molecule has 15 heavy (non-hydrogen) atoms. The Hall–Kier alpha value is -0.300. The van der Waals surface area contributed by atoms with Gasteiger partial charge in [-0.15, -0.1) is 0 Å². The highest BCUT2D eigenvalue weighted by Gasteiger charge is 2.54. The predicted octanol–water partition coefficient (Wildman–Crippen LogP) is 3.55. The minimum absolute atomic E-state index is 0.179. The Bertz CT molecular complexity index is 278. The van der Waals surface area contributed by atoms with Crippen molar-refractivity contribution in [1.82, 2.24) is 0 Å². The van der Waals surface area contributed by atoms with Crippen LogP contribution in [-0.2, 0) is 4.74 Å². The van der Waals surface area contributed by atoms with Crippen molar-refractivity contribution in [3.8, 4) is 0 Å². The molecule has 1 nitrogen and oxygen atoms in total. The van der Waals surface area contributed by atoms with Gasteiger partial charge in [-0.1, -0.05) is 6.08 Å². The van der Waals surface area contributed by atoms with Gasteiger partial charge in [-0.05, 0) is 69.3 Å². The van der Waals surface area contributed by atoms with Crippen LogP contribution in [0.25, 0.3) is 0 Å². The average molecular weight is 206 g/mol. The van der Waals surface area contributed by atoms with Crippen molar-refractivity contribution < 1.29 is 4.74 Å². The van der Waals surface area contributed by atoms with Gasteiger partial charge >= 0.3 is 0 Å². The third kappa shape index (κ3) is 1.32.